The number of hydrogen-bond acceptors (Lipinski definition) is 6. The molecule has 4 heterocycles. The third-order valence-electron chi connectivity index (χ3n) is 4.62. The lowest BCUT2D eigenvalue weighted by molar-refractivity contribution is 0.174. The highest BCUT2D eigenvalue weighted by atomic mass is 32.2. The largest absolute Gasteiger partial charge is 0.454 e. The monoisotopic (exact) mass is 339 g/mol. The second-order valence-corrected chi connectivity index (χ2v) is 7.66. The van der Waals surface area contributed by atoms with Gasteiger partial charge in [0.2, 0.25) is 6.79 Å². The van der Waals surface area contributed by atoms with Crippen molar-refractivity contribution in [2.75, 3.05) is 13.3 Å². The highest BCUT2D eigenvalue weighted by Crippen LogP contribution is 2.48. The molecule has 0 aliphatic carbocycles. The van der Waals surface area contributed by atoms with E-state index in [2.05, 4.69) is 35.0 Å². The van der Waals surface area contributed by atoms with E-state index in [0.717, 1.165) is 28.9 Å². The van der Waals surface area contributed by atoms with Gasteiger partial charge in [-0.15, -0.1) is 0 Å². The first-order chi connectivity index (χ1) is 11.8. The predicted octanol–water partition coefficient (Wildman–Crippen LogP) is 3.40. The summed E-state index contributed by atoms with van der Waals surface area (Å²) in [7, 11) is 0. The second kappa shape index (κ2) is 5.41. The lowest BCUT2D eigenvalue weighted by atomic mass is 9.96. The van der Waals surface area contributed by atoms with Crippen molar-refractivity contribution in [2.45, 2.75) is 24.3 Å². The van der Waals surface area contributed by atoms with Gasteiger partial charge in [0.25, 0.3) is 0 Å². The van der Waals surface area contributed by atoms with Gasteiger partial charge < -0.3 is 14.4 Å². The maximum Gasteiger partial charge on any atom is 0.231 e. The van der Waals surface area contributed by atoms with Crippen LogP contribution >= 0.6 is 11.8 Å². The number of hydrogen-bond donors (Lipinski definition) is 0. The quantitative estimate of drug-likeness (QED) is 0.839. The van der Waals surface area contributed by atoms with E-state index in [1.807, 2.05) is 36.2 Å². The molecule has 3 atom stereocenters. The minimum atomic E-state index is 0.0153. The number of benzene rings is 1. The minimum absolute atomic E-state index is 0.0153. The SMILES string of the molecule is CC1CN2C(=NC(c3ccccn3)C2c2ccc3c(c2)OCO3)S1. The molecule has 3 unspecified atom stereocenters. The summed E-state index contributed by atoms with van der Waals surface area (Å²) in [6, 6.07) is 12.4. The van der Waals surface area contributed by atoms with Crippen molar-refractivity contribution in [1.82, 2.24) is 9.88 Å². The van der Waals surface area contributed by atoms with Crippen LogP contribution in [0.1, 0.15) is 30.3 Å². The van der Waals surface area contributed by atoms with Crippen molar-refractivity contribution in [3.63, 3.8) is 0 Å². The van der Waals surface area contributed by atoms with Crippen LogP contribution in [-0.2, 0) is 0 Å². The Balaban J connectivity index is 1.58. The first-order valence-corrected chi connectivity index (χ1v) is 8.99. The van der Waals surface area contributed by atoms with E-state index < -0.39 is 0 Å². The van der Waals surface area contributed by atoms with Crippen LogP contribution < -0.4 is 9.47 Å². The highest BCUT2D eigenvalue weighted by molar-refractivity contribution is 8.14. The number of ether oxygens (including phenoxy) is 2. The summed E-state index contributed by atoms with van der Waals surface area (Å²) in [6.45, 7) is 3.55. The van der Waals surface area contributed by atoms with Crippen LogP contribution in [0.2, 0.25) is 0 Å². The molecule has 2 aromatic rings. The van der Waals surface area contributed by atoms with Crippen LogP contribution in [0.5, 0.6) is 11.5 Å². The number of aromatic nitrogens is 1. The zero-order valence-electron chi connectivity index (χ0n) is 13.3. The Morgan fingerprint density at radius 3 is 2.96 bits per heavy atom. The maximum atomic E-state index is 5.57. The maximum absolute atomic E-state index is 5.57. The van der Waals surface area contributed by atoms with Gasteiger partial charge in [-0.2, -0.15) is 0 Å². The first-order valence-electron chi connectivity index (χ1n) is 8.11. The normalized spacial score (nSPS) is 27.3. The van der Waals surface area contributed by atoms with Gasteiger partial charge in [-0.05, 0) is 29.8 Å². The molecule has 5 rings (SSSR count). The summed E-state index contributed by atoms with van der Waals surface area (Å²) in [4.78, 5) is 12.0. The Morgan fingerprint density at radius 2 is 2.08 bits per heavy atom. The molecule has 0 saturated carbocycles. The molecule has 0 bridgehead atoms. The topological polar surface area (TPSA) is 47.0 Å². The summed E-state index contributed by atoms with van der Waals surface area (Å²) in [5.74, 6) is 1.64. The van der Waals surface area contributed by atoms with Crippen molar-refractivity contribution < 1.29 is 9.47 Å². The van der Waals surface area contributed by atoms with Gasteiger partial charge in [0.05, 0.1) is 11.7 Å². The van der Waals surface area contributed by atoms with E-state index in [9.17, 15) is 0 Å². The summed E-state index contributed by atoms with van der Waals surface area (Å²) >= 11 is 1.85. The van der Waals surface area contributed by atoms with Crippen molar-refractivity contribution in [3.8, 4) is 11.5 Å². The van der Waals surface area contributed by atoms with Gasteiger partial charge in [-0.25, -0.2) is 0 Å². The van der Waals surface area contributed by atoms with E-state index in [1.54, 1.807) is 0 Å². The van der Waals surface area contributed by atoms with Crippen LogP contribution in [0.3, 0.4) is 0 Å². The zero-order chi connectivity index (χ0) is 16.1. The fraction of sp³-hybridized carbons (Fsp3) is 0.333. The number of pyridine rings is 1. The standard InChI is InChI=1S/C18H17N3O2S/c1-11-9-21-17(12-5-6-14-15(8-12)23-10-22-14)16(20-18(21)24-11)13-4-2-3-7-19-13/h2-8,11,16-17H,9-10H2,1H3. The molecule has 122 valence electrons. The average Bonchev–Trinajstić information content (AvgIpc) is 3.28. The van der Waals surface area contributed by atoms with E-state index in [0.29, 0.717) is 12.0 Å². The number of nitrogens with zero attached hydrogens (tertiary/aromatic N) is 3. The molecule has 5 nitrogen and oxygen atoms in total. The van der Waals surface area contributed by atoms with Crippen LogP contribution in [0, 0.1) is 0 Å². The molecule has 24 heavy (non-hydrogen) atoms. The molecule has 0 amide bonds. The smallest absolute Gasteiger partial charge is 0.231 e. The first kappa shape index (κ1) is 14.2. The third-order valence-corrected chi connectivity index (χ3v) is 5.72. The minimum Gasteiger partial charge on any atom is -0.454 e. The van der Waals surface area contributed by atoms with Crippen molar-refractivity contribution >= 4 is 16.9 Å². The molecular formula is C18H17N3O2S. The van der Waals surface area contributed by atoms with Gasteiger partial charge in [-0.1, -0.05) is 30.8 Å². The summed E-state index contributed by atoms with van der Waals surface area (Å²) in [6.07, 6.45) is 1.84. The van der Waals surface area contributed by atoms with Gasteiger partial charge in [-0.3, -0.25) is 9.98 Å². The number of rotatable bonds is 2. The predicted molar refractivity (Wildman–Crippen MR) is 93.5 cm³/mol. The Labute approximate surface area is 144 Å². The zero-order valence-corrected chi connectivity index (χ0v) is 14.1. The molecule has 1 fully saturated rings. The van der Waals surface area contributed by atoms with E-state index in [1.165, 1.54) is 5.56 Å². The fourth-order valence-electron chi connectivity index (χ4n) is 3.58. The lowest BCUT2D eigenvalue weighted by Gasteiger charge is -2.27. The molecule has 3 aliphatic heterocycles. The number of amidine groups is 1. The molecular weight excluding hydrogens is 322 g/mol. The Hall–Kier alpha value is -2.21. The van der Waals surface area contributed by atoms with Gasteiger partial charge in [0.15, 0.2) is 16.7 Å². The average molecular weight is 339 g/mol. The summed E-state index contributed by atoms with van der Waals surface area (Å²) in [5, 5.41) is 1.69. The lowest BCUT2D eigenvalue weighted by Crippen LogP contribution is -2.28. The van der Waals surface area contributed by atoms with Crippen molar-refractivity contribution in [2.24, 2.45) is 4.99 Å². The highest BCUT2D eigenvalue weighted by Gasteiger charge is 2.43. The Bertz CT molecular complexity index is 811. The third kappa shape index (κ3) is 2.17. The molecule has 1 aromatic heterocycles. The van der Waals surface area contributed by atoms with Crippen LogP contribution in [-0.4, -0.2) is 33.6 Å². The van der Waals surface area contributed by atoms with Gasteiger partial charge in [0.1, 0.15) is 6.04 Å². The Kier molecular flexibility index (Phi) is 3.19. The fourth-order valence-corrected chi connectivity index (χ4v) is 4.67. The number of thioether (sulfide) groups is 1. The molecule has 1 saturated heterocycles. The molecule has 0 radical (unpaired) electrons. The van der Waals surface area contributed by atoms with Crippen LogP contribution in [0.25, 0.3) is 0 Å². The van der Waals surface area contributed by atoms with E-state index in [-0.39, 0.29) is 12.1 Å². The van der Waals surface area contributed by atoms with Crippen molar-refractivity contribution in [1.29, 1.82) is 0 Å². The van der Waals surface area contributed by atoms with Crippen molar-refractivity contribution in [3.05, 3.63) is 53.9 Å². The summed E-state index contributed by atoms with van der Waals surface area (Å²) in [5.41, 5.74) is 2.21. The van der Waals surface area contributed by atoms with E-state index >= 15 is 0 Å². The molecule has 6 heteroatoms. The second-order valence-electron chi connectivity index (χ2n) is 6.25. The molecule has 0 N–H and O–H groups in total. The van der Waals surface area contributed by atoms with E-state index in [4.69, 9.17) is 14.5 Å². The number of aliphatic imine (C=N–C) groups is 1. The van der Waals surface area contributed by atoms with Crippen LogP contribution in [0.4, 0.5) is 0 Å². The molecule has 3 aliphatic rings. The van der Waals surface area contributed by atoms with Gasteiger partial charge >= 0.3 is 0 Å². The molecule has 0 spiro atoms. The molecule has 1 aromatic carbocycles. The summed E-state index contributed by atoms with van der Waals surface area (Å²) < 4.78 is 11.0. The van der Waals surface area contributed by atoms with Gasteiger partial charge in [0, 0.05) is 18.0 Å². The van der Waals surface area contributed by atoms with Crippen LogP contribution in [0.15, 0.2) is 47.6 Å². The Morgan fingerprint density at radius 1 is 1.17 bits per heavy atom. The number of fused-ring (bicyclic) bond motifs is 2.